The lowest BCUT2D eigenvalue weighted by atomic mass is 9.97. The molecule has 1 aliphatic rings. The van der Waals surface area contributed by atoms with Gasteiger partial charge in [0, 0.05) is 26.2 Å². The molecule has 4 nitrogen and oxygen atoms in total. The van der Waals surface area contributed by atoms with Crippen LogP contribution in [0.1, 0.15) is 26.2 Å². The molecule has 1 fully saturated rings. The summed E-state index contributed by atoms with van der Waals surface area (Å²) in [7, 11) is 1.65. The smallest absolute Gasteiger partial charge is 0.164 e. The van der Waals surface area contributed by atoms with Crippen LogP contribution in [0.15, 0.2) is 0 Å². The highest BCUT2D eigenvalue weighted by atomic mass is 16.5. The van der Waals surface area contributed by atoms with Crippen molar-refractivity contribution in [3.8, 4) is 0 Å². The molecule has 0 bridgehead atoms. The number of hydrogen-bond donors (Lipinski definition) is 1. The number of carbonyl (C=O) groups is 1. The van der Waals surface area contributed by atoms with Crippen molar-refractivity contribution in [3.63, 3.8) is 0 Å². The van der Waals surface area contributed by atoms with E-state index in [2.05, 4.69) is 0 Å². The average molecular weight is 215 g/mol. The van der Waals surface area contributed by atoms with Crippen LogP contribution in [-0.4, -0.2) is 38.3 Å². The van der Waals surface area contributed by atoms with Gasteiger partial charge in [0.15, 0.2) is 5.78 Å². The van der Waals surface area contributed by atoms with E-state index in [1.54, 1.807) is 7.11 Å². The highest BCUT2D eigenvalue weighted by molar-refractivity contribution is 5.85. The molecule has 0 aromatic carbocycles. The minimum Gasteiger partial charge on any atom is -0.385 e. The molecule has 3 unspecified atom stereocenters. The number of ether oxygens (including phenoxy) is 2. The fourth-order valence-corrected chi connectivity index (χ4v) is 1.84. The van der Waals surface area contributed by atoms with Crippen molar-refractivity contribution >= 4 is 5.78 Å². The molecule has 0 amide bonds. The number of nitrogens with two attached hydrogens (primary N) is 1. The van der Waals surface area contributed by atoms with Crippen LogP contribution in [-0.2, 0) is 14.3 Å². The van der Waals surface area contributed by atoms with Crippen molar-refractivity contribution in [2.24, 2.45) is 11.7 Å². The lowest BCUT2D eigenvalue weighted by Gasteiger charge is -2.15. The van der Waals surface area contributed by atoms with Crippen molar-refractivity contribution in [2.75, 3.05) is 20.3 Å². The molecular weight excluding hydrogens is 194 g/mol. The normalized spacial score (nSPS) is 27.9. The lowest BCUT2D eigenvalue weighted by Crippen LogP contribution is -2.29. The first kappa shape index (κ1) is 12.6. The molecule has 1 rings (SSSR count). The summed E-state index contributed by atoms with van der Waals surface area (Å²) in [5.41, 5.74) is 5.50. The number of hydrogen-bond acceptors (Lipinski definition) is 4. The zero-order valence-corrected chi connectivity index (χ0v) is 9.57. The maximum absolute atomic E-state index is 11.9. The van der Waals surface area contributed by atoms with E-state index in [0.717, 1.165) is 19.3 Å². The quantitative estimate of drug-likeness (QED) is 0.709. The summed E-state index contributed by atoms with van der Waals surface area (Å²) in [6, 6.07) is 0. The number of Topliss-reactive ketones (excluding diaryl/α,β-unsaturated/α-hetero) is 1. The molecule has 0 radical (unpaired) electrons. The third kappa shape index (κ3) is 3.55. The Kier molecular flexibility index (Phi) is 5.22. The molecular formula is C11H21NO3. The van der Waals surface area contributed by atoms with Crippen molar-refractivity contribution < 1.29 is 14.3 Å². The Morgan fingerprint density at radius 3 is 2.87 bits per heavy atom. The van der Waals surface area contributed by atoms with Gasteiger partial charge in [-0.1, -0.05) is 6.92 Å². The van der Waals surface area contributed by atoms with Crippen LogP contribution in [0.4, 0.5) is 0 Å². The summed E-state index contributed by atoms with van der Waals surface area (Å²) in [4.78, 5) is 11.9. The Hall–Kier alpha value is -0.450. The maximum atomic E-state index is 11.9. The van der Waals surface area contributed by atoms with Gasteiger partial charge in [0.05, 0.1) is 6.10 Å². The topological polar surface area (TPSA) is 61.5 Å². The van der Waals surface area contributed by atoms with Gasteiger partial charge in [0.1, 0.15) is 6.10 Å². The summed E-state index contributed by atoms with van der Waals surface area (Å²) in [6.07, 6.45) is 2.34. The third-order valence-corrected chi connectivity index (χ3v) is 2.93. The van der Waals surface area contributed by atoms with E-state index in [9.17, 15) is 4.79 Å². The second kappa shape index (κ2) is 6.20. The second-order valence-electron chi connectivity index (χ2n) is 4.14. The van der Waals surface area contributed by atoms with Gasteiger partial charge in [-0.15, -0.1) is 0 Å². The number of rotatable bonds is 6. The highest BCUT2D eigenvalue weighted by Gasteiger charge is 2.31. The van der Waals surface area contributed by atoms with Crippen LogP contribution in [0.5, 0.6) is 0 Å². The van der Waals surface area contributed by atoms with Gasteiger partial charge < -0.3 is 15.2 Å². The predicted octanol–water partition coefficient (Wildman–Crippen LogP) is 0.734. The first-order chi connectivity index (χ1) is 7.19. The molecule has 0 aromatic heterocycles. The van der Waals surface area contributed by atoms with E-state index in [-0.39, 0.29) is 23.9 Å². The zero-order valence-electron chi connectivity index (χ0n) is 9.57. The van der Waals surface area contributed by atoms with Gasteiger partial charge in [0.25, 0.3) is 0 Å². The summed E-state index contributed by atoms with van der Waals surface area (Å²) >= 11 is 0. The van der Waals surface area contributed by atoms with Crippen molar-refractivity contribution in [3.05, 3.63) is 0 Å². The minimum atomic E-state index is -0.231. The summed E-state index contributed by atoms with van der Waals surface area (Å²) in [5, 5.41) is 0. The molecule has 1 saturated heterocycles. The summed E-state index contributed by atoms with van der Waals surface area (Å²) < 4.78 is 10.5. The maximum Gasteiger partial charge on any atom is 0.164 e. The average Bonchev–Trinajstić information content (AvgIpc) is 2.73. The largest absolute Gasteiger partial charge is 0.385 e. The van der Waals surface area contributed by atoms with E-state index in [1.165, 1.54) is 0 Å². The van der Waals surface area contributed by atoms with Crippen molar-refractivity contribution in [1.82, 2.24) is 0 Å². The van der Waals surface area contributed by atoms with E-state index in [4.69, 9.17) is 15.2 Å². The first-order valence-corrected chi connectivity index (χ1v) is 5.57. The van der Waals surface area contributed by atoms with Crippen LogP contribution in [0.25, 0.3) is 0 Å². The SMILES string of the molecule is COCCC(C)C(=O)C1CCC(CN)O1. The molecule has 15 heavy (non-hydrogen) atoms. The molecule has 0 spiro atoms. The molecule has 0 aliphatic carbocycles. The fraction of sp³-hybridized carbons (Fsp3) is 0.909. The van der Waals surface area contributed by atoms with E-state index in [0.29, 0.717) is 13.2 Å². The zero-order chi connectivity index (χ0) is 11.3. The standard InChI is InChI=1S/C11H21NO3/c1-8(5-6-14-2)11(13)10-4-3-9(7-12)15-10/h8-10H,3-7,12H2,1-2H3. The molecule has 3 atom stereocenters. The van der Waals surface area contributed by atoms with Gasteiger partial charge >= 0.3 is 0 Å². The van der Waals surface area contributed by atoms with Crippen LogP contribution < -0.4 is 5.73 Å². The molecule has 4 heteroatoms. The summed E-state index contributed by atoms with van der Waals surface area (Å²) in [6.45, 7) is 3.07. The first-order valence-electron chi connectivity index (χ1n) is 5.57. The summed E-state index contributed by atoms with van der Waals surface area (Å²) in [5.74, 6) is 0.217. The molecule has 1 heterocycles. The van der Waals surface area contributed by atoms with Gasteiger partial charge in [-0.3, -0.25) is 4.79 Å². The van der Waals surface area contributed by atoms with E-state index >= 15 is 0 Å². The van der Waals surface area contributed by atoms with Crippen LogP contribution in [0.3, 0.4) is 0 Å². The Balaban J connectivity index is 2.33. The fourth-order valence-electron chi connectivity index (χ4n) is 1.84. The molecule has 0 saturated carbocycles. The molecule has 0 aromatic rings. The number of methoxy groups -OCH3 is 1. The predicted molar refractivity (Wildman–Crippen MR) is 57.6 cm³/mol. The van der Waals surface area contributed by atoms with E-state index < -0.39 is 0 Å². The second-order valence-corrected chi connectivity index (χ2v) is 4.14. The molecule has 2 N–H and O–H groups in total. The highest BCUT2D eigenvalue weighted by Crippen LogP contribution is 2.22. The Bertz CT molecular complexity index is 208. The number of carbonyl (C=O) groups excluding carboxylic acids is 1. The molecule has 1 aliphatic heterocycles. The van der Waals surface area contributed by atoms with Crippen molar-refractivity contribution in [2.45, 2.75) is 38.4 Å². The molecule has 88 valence electrons. The minimum absolute atomic E-state index is 0.0199. The monoisotopic (exact) mass is 215 g/mol. The van der Waals surface area contributed by atoms with E-state index in [1.807, 2.05) is 6.92 Å². The van der Waals surface area contributed by atoms with Crippen LogP contribution >= 0.6 is 0 Å². The number of ketones is 1. The third-order valence-electron chi connectivity index (χ3n) is 2.93. The van der Waals surface area contributed by atoms with Crippen LogP contribution in [0, 0.1) is 5.92 Å². The Labute approximate surface area is 91.1 Å². The Morgan fingerprint density at radius 2 is 2.33 bits per heavy atom. The van der Waals surface area contributed by atoms with Gasteiger partial charge in [-0.05, 0) is 19.3 Å². The van der Waals surface area contributed by atoms with Gasteiger partial charge in [-0.25, -0.2) is 0 Å². The Morgan fingerprint density at radius 1 is 1.60 bits per heavy atom. The van der Waals surface area contributed by atoms with Crippen molar-refractivity contribution in [1.29, 1.82) is 0 Å². The van der Waals surface area contributed by atoms with Gasteiger partial charge in [0.2, 0.25) is 0 Å². The van der Waals surface area contributed by atoms with Crippen LogP contribution in [0.2, 0.25) is 0 Å². The lowest BCUT2D eigenvalue weighted by molar-refractivity contribution is -0.133. The van der Waals surface area contributed by atoms with Gasteiger partial charge in [-0.2, -0.15) is 0 Å².